The third-order valence-electron chi connectivity index (χ3n) is 3.81. The Bertz CT molecular complexity index is 203. The fourth-order valence-electron chi connectivity index (χ4n) is 2.87. The van der Waals surface area contributed by atoms with Gasteiger partial charge >= 0.3 is 0 Å². The maximum Gasteiger partial charge on any atom is 0.0637 e. The monoisotopic (exact) mass is 227 g/mol. The molecule has 0 spiro atoms. The van der Waals surface area contributed by atoms with Gasteiger partial charge in [0.25, 0.3) is 0 Å². The van der Waals surface area contributed by atoms with Crippen LogP contribution < -0.4 is 5.32 Å². The fraction of sp³-hybridized carbons (Fsp3) is 1.00. The molecule has 0 aromatic rings. The Hall–Kier alpha value is -0.0800. The molecule has 0 aliphatic heterocycles. The normalized spacial score (nSPS) is 29.1. The summed E-state index contributed by atoms with van der Waals surface area (Å²) in [6.45, 7) is 8.97. The van der Waals surface area contributed by atoms with E-state index in [0.29, 0.717) is 6.04 Å². The molecule has 1 aliphatic carbocycles. The van der Waals surface area contributed by atoms with Gasteiger partial charge in [0.05, 0.1) is 5.60 Å². The van der Waals surface area contributed by atoms with E-state index in [-0.39, 0.29) is 5.60 Å². The summed E-state index contributed by atoms with van der Waals surface area (Å²) in [5.74, 6) is 0.897. The van der Waals surface area contributed by atoms with Crippen LogP contribution in [0, 0.1) is 5.92 Å². The van der Waals surface area contributed by atoms with E-state index in [1.807, 2.05) is 0 Å². The van der Waals surface area contributed by atoms with E-state index in [1.54, 1.807) is 7.11 Å². The minimum atomic E-state index is -0.00724. The lowest BCUT2D eigenvalue weighted by molar-refractivity contribution is 0.00708. The molecule has 1 fully saturated rings. The van der Waals surface area contributed by atoms with Crippen LogP contribution in [-0.4, -0.2) is 24.8 Å². The van der Waals surface area contributed by atoms with Gasteiger partial charge in [-0.15, -0.1) is 0 Å². The first-order valence-corrected chi connectivity index (χ1v) is 6.74. The van der Waals surface area contributed by atoms with Crippen molar-refractivity contribution >= 4 is 0 Å². The zero-order valence-electron chi connectivity index (χ0n) is 11.7. The van der Waals surface area contributed by atoms with Crippen molar-refractivity contribution in [3.63, 3.8) is 0 Å². The lowest BCUT2D eigenvalue weighted by Crippen LogP contribution is -2.43. The van der Waals surface area contributed by atoms with E-state index >= 15 is 0 Å². The molecule has 1 N–H and O–H groups in total. The van der Waals surface area contributed by atoms with Crippen LogP contribution >= 0.6 is 0 Å². The molecule has 0 radical (unpaired) electrons. The average Bonchev–Trinajstić information content (AvgIpc) is 2.16. The van der Waals surface area contributed by atoms with Gasteiger partial charge in [-0.25, -0.2) is 0 Å². The zero-order valence-corrected chi connectivity index (χ0v) is 11.7. The fourth-order valence-corrected chi connectivity index (χ4v) is 2.87. The first-order valence-electron chi connectivity index (χ1n) is 6.74. The molecule has 0 aromatic carbocycles. The highest BCUT2D eigenvalue weighted by Gasteiger charge is 2.24. The van der Waals surface area contributed by atoms with Crippen molar-refractivity contribution in [3.8, 4) is 0 Å². The molecular weight excluding hydrogens is 198 g/mol. The van der Waals surface area contributed by atoms with Crippen molar-refractivity contribution in [2.45, 2.75) is 77.5 Å². The van der Waals surface area contributed by atoms with Crippen LogP contribution in [0.5, 0.6) is 0 Å². The smallest absolute Gasteiger partial charge is 0.0637 e. The quantitative estimate of drug-likeness (QED) is 0.777. The molecule has 3 unspecified atom stereocenters. The Labute approximate surface area is 101 Å². The van der Waals surface area contributed by atoms with Crippen molar-refractivity contribution < 1.29 is 4.74 Å². The maximum atomic E-state index is 5.48. The predicted octanol–water partition coefficient (Wildman–Crippen LogP) is 3.36. The van der Waals surface area contributed by atoms with Gasteiger partial charge in [0, 0.05) is 19.2 Å². The molecule has 2 heteroatoms. The number of ether oxygens (including phenoxy) is 1. The number of nitrogens with one attached hydrogen (secondary N) is 1. The minimum Gasteiger partial charge on any atom is -0.379 e. The molecule has 96 valence electrons. The third-order valence-corrected chi connectivity index (χ3v) is 3.81. The van der Waals surface area contributed by atoms with Crippen molar-refractivity contribution in [3.05, 3.63) is 0 Å². The maximum absolute atomic E-state index is 5.48. The van der Waals surface area contributed by atoms with E-state index in [4.69, 9.17) is 4.74 Å². The number of methoxy groups -OCH3 is 1. The number of hydrogen-bond donors (Lipinski definition) is 1. The van der Waals surface area contributed by atoms with Crippen LogP contribution in [0.1, 0.15) is 59.8 Å². The van der Waals surface area contributed by atoms with Crippen molar-refractivity contribution in [1.82, 2.24) is 5.32 Å². The Morgan fingerprint density at radius 3 is 2.62 bits per heavy atom. The molecule has 0 aromatic heterocycles. The molecule has 1 saturated carbocycles. The molecule has 1 rings (SSSR count). The largest absolute Gasteiger partial charge is 0.379 e. The lowest BCUT2D eigenvalue weighted by Gasteiger charge is -2.33. The number of rotatable bonds is 5. The molecule has 0 saturated heterocycles. The lowest BCUT2D eigenvalue weighted by atomic mass is 9.86. The van der Waals surface area contributed by atoms with Gasteiger partial charge in [0.15, 0.2) is 0 Å². The second-order valence-electron chi connectivity index (χ2n) is 6.20. The molecule has 2 nitrogen and oxygen atoms in total. The van der Waals surface area contributed by atoms with Crippen molar-refractivity contribution in [2.24, 2.45) is 5.92 Å². The summed E-state index contributed by atoms with van der Waals surface area (Å²) in [6, 6.07) is 1.27. The summed E-state index contributed by atoms with van der Waals surface area (Å²) >= 11 is 0. The SMILES string of the molecule is COC(C)(C)CC(C)NC1CCCC(C)C1. The molecule has 1 aliphatic rings. The van der Waals surface area contributed by atoms with Gasteiger partial charge < -0.3 is 10.1 Å². The van der Waals surface area contributed by atoms with E-state index in [9.17, 15) is 0 Å². The summed E-state index contributed by atoms with van der Waals surface area (Å²) < 4.78 is 5.48. The highest BCUT2D eigenvalue weighted by atomic mass is 16.5. The van der Waals surface area contributed by atoms with Crippen LogP contribution in [0.15, 0.2) is 0 Å². The Morgan fingerprint density at radius 2 is 2.06 bits per heavy atom. The summed E-state index contributed by atoms with van der Waals surface area (Å²) in [6.07, 6.45) is 6.57. The highest BCUT2D eigenvalue weighted by Crippen LogP contribution is 2.24. The third kappa shape index (κ3) is 4.84. The molecule has 16 heavy (non-hydrogen) atoms. The van der Waals surface area contributed by atoms with Crippen LogP contribution in [0.25, 0.3) is 0 Å². The average molecular weight is 227 g/mol. The van der Waals surface area contributed by atoms with Gasteiger partial charge in [0.1, 0.15) is 0 Å². The summed E-state index contributed by atoms with van der Waals surface area (Å²) in [4.78, 5) is 0. The first kappa shape index (κ1) is 14.0. The minimum absolute atomic E-state index is 0.00724. The topological polar surface area (TPSA) is 21.3 Å². The van der Waals surface area contributed by atoms with Crippen molar-refractivity contribution in [2.75, 3.05) is 7.11 Å². The zero-order chi connectivity index (χ0) is 12.2. The first-order chi connectivity index (χ1) is 7.43. The van der Waals surface area contributed by atoms with Gasteiger partial charge in [-0.3, -0.25) is 0 Å². The highest BCUT2D eigenvalue weighted by molar-refractivity contribution is 4.81. The summed E-state index contributed by atoms with van der Waals surface area (Å²) in [5, 5.41) is 3.76. The standard InChI is InChI=1S/C14H29NO/c1-11-7-6-8-13(9-11)15-12(2)10-14(3,4)16-5/h11-13,15H,6-10H2,1-5H3. The Balaban J connectivity index is 2.30. The molecule has 0 bridgehead atoms. The molecule has 0 heterocycles. The molecule has 3 atom stereocenters. The van der Waals surface area contributed by atoms with E-state index < -0.39 is 0 Å². The number of hydrogen-bond acceptors (Lipinski definition) is 2. The van der Waals surface area contributed by atoms with Gasteiger partial charge in [-0.05, 0) is 46.0 Å². The van der Waals surface area contributed by atoms with Crippen LogP contribution in [0.4, 0.5) is 0 Å². The van der Waals surface area contributed by atoms with Gasteiger partial charge in [0.2, 0.25) is 0 Å². The van der Waals surface area contributed by atoms with Gasteiger partial charge in [-0.1, -0.05) is 19.8 Å². The summed E-state index contributed by atoms with van der Waals surface area (Å²) in [5.41, 5.74) is -0.00724. The molecule has 0 amide bonds. The van der Waals surface area contributed by atoms with E-state index in [1.165, 1.54) is 25.7 Å². The van der Waals surface area contributed by atoms with E-state index in [2.05, 4.69) is 33.0 Å². The Morgan fingerprint density at radius 1 is 1.38 bits per heavy atom. The van der Waals surface area contributed by atoms with Crippen LogP contribution in [0.3, 0.4) is 0 Å². The van der Waals surface area contributed by atoms with Crippen LogP contribution in [0.2, 0.25) is 0 Å². The van der Waals surface area contributed by atoms with E-state index in [0.717, 1.165) is 18.4 Å². The molecular formula is C14H29NO. The summed E-state index contributed by atoms with van der Waals surface area (Å²) in [7, 11) is 1.80. The second-order valence-corrected chi connectivity index (χ2v) is 6.20. The Kier molecular flexibility index (Phi) is 5.26. The van der Waals surface area contributed by atoms with Crippen molar-refractivity contribution in [1.29, 1.82) is 0 Å². The predicted molar refractivity (Wildman–Crippen MR) is 69.7 cm³/mol. The van der Waals surface area contributed by atoms with Crippen LogP contribution in [-0.2, 0) is 4.74 Å². The second kappa shape index (κ2) is 6.02. The van der Waals surface area contributed by atoms with Gasteiger partial charge in [-0.2, -0.15) is 0 Å².